The number of furan rings is 1. The van der Waals surface area contributed by atoms with Crippen LogP contribution in [0.15, 0.2) is 34.7 Å². The molecule has 0 fully saturated rings. The second-order valence-corrected chi connectivity index (χ2v) is 3.62. The van der Waals surface area contributed by atoms with E-state index in [1.165, 1.54) is 31.4 Å². The van der Waals surface area contributed by atoms with Crippen LogP contribution in [0.3, 0.4) is 0 Å². The molecule has 8 heteroatoms. The zero-order valence-corrected chi connectivity index (χ0v) is 10.2. The van der Waals surface area contributed by atoms with Crippen molar-refractivity contribution in [1.82, 2.24) is 0 Å². The van der Waals surface area contributed by atoms with E-state index >= 15 is 0 Å². The van der Waals surface area contributed by atoms with Gasteiger partial charge < -0.3 is 19.0 Å². The number of carbonyl (C=O) groups is 1. The third kappa shape index (κ3) is 2.69. The lowest BCUT2D eigenvalue weighted by Crippen LogP contribution is -1.94. The predicted octanol–water partition coefficient (Wildman–Crippen LogP) is 2.69. The Balaban J connectivity index is 2.32. The van der Waals surface area contributed by atoms with Gasteiger partial charge in [0.15, 0.2) is 11.5 Å². The third-order valence-electron chi connectivity index (χ3n) is 2.36. The van der Waals surface area contributed by atoms with E-state index in [2.05, 4.69) is 0 Å². The van der Waals surface area contributed by atoms with Crippen LogP contribution in [-0.2, 0) is 0 Å². The summed E-state index contributed by atoms with van der Waals surface area (Å²) in [6.45, 7) is 0. The highest BCUT2D eigenvalue weighted by molar-refractivity contribution is 5.84. The highest BCUT2D eigenvalue weighted by Gasteiger charge is 2.16. The predicted molar refractivity (Wildman–Crippen MR) is 65.4 cm³/mol. The van der Waals surface area contributed by atoms with E-state index in [1.807, 2.05) is 0 Å². The average Bonchev–Trinajstić information content (AvgIpc) is 2.87. The number of aromatic carboxylic acids is 1. The first-order valence-corrected chi connectivity index (χ1v) is 5.34. The number of carboxylic acid groups (broad SMARTS) is 1. The number of hydrogen-bond donors (Lipinski definition) is 1. The quantitative estimate of drug-likeness (QED) is 0.661. The first-order chi connectivity index (χ1) is 9.51. The molecule has 0 aliphatic heterocycles. The van der Waals surface area contributed by atoms with Gasteiger partial charge in [0, 0.05) is 12.1 Å². The number of ether oxygens (including phenoxy) is 2. The number of benzene rings is 1. The van der Waals surface area contributed by atoms with Crippen molar-refractivity contribution >= 4 is 11.7 Å². The van der Waals surface area contributed by atoms with Gasteiger partial charge in [-0.25, -0.2) is 4.79 Å². The SMILES string of the molecule is COc1ccc([N+](=O)[O-])cc1Oc1ccc(C(=O)O)o1. The molecular formula is C12H9NO7. The molecule has 20 heavy (non-hydrogen) atoms. The average molecular weight is 279 g/mol. The third-order valence-corrected chi connectivity index (χ3v) is 2.36. The molecule has 2 aromatic rings. The van der Waals surface area contributed by atoms with Crippen LogP contribution in [0.1, 0.15) is 10.6 Å². The summed E-state index contributed by atoms with van der Waals surface area (Å²) in [6, 6.07) is 6.29. The molecule has 0 atom stereocenters. The molecule has 8 nitrogen and oxygen atoms in total. The Hall–Kier alpha value is -3.03. The number of non-ortho nitro benzene ring substituents is 1. The molecule has 0 unspecified atom stereocenters. The Labute approximate surface area is 112 Å². The summed E-state index contributed by atoms with van der Waals surface area (Å²) in [6.07, 6.45) is 0. The normalized spacial score (nSPS) is 10.1. The number of carboxylic acids is 1. The molecule has 1 N–H and O–H groups in total. The van der Waals surface area contributed by atoms with Crippen LogP contribution in [-0.4, -0.2) is 23.1 Å². The Morgan fingerprint density at radius 1 is 1.30 bits per heavy atom. The van der Waals surface area contributed by atoms with E-state index in [-0.39, 0.29) is 28.9 Å². The smallest absolute Gasteiger partial charge is 0.371 e. The van der Waals surface area contributed by atoms with Crippen molar-refractivity contribution in [2.75, 3.05) is 7.11 Å². The van der Waals surface area contributed by atoms with Crippen molar-refractivity contribution in [3.05, 3.63) is 46.2 Å². The van der Waals surface area contributed by atoms with E-state index < -0.39 is 10.9 Å². The van der Waals surface area contributed by atoms with Crippen molar-refractivity contribution in [1.29, 1.82) is 0 Å². The molecule has 0 aliphatic carbocycles. The lowest BCUT2D eigenvalue weighted by Gasteiger charge is -2.07. The Bertz CT molecular complexity index is 662. The Morgan fingerprint density at radius 3 is 2.60 bits per heavy atom. The van der Waals surface area contributed by atoms with E-state index in [9.17, 15) is 14.9 Å². The minimum absolute atomic E-state index is 0.0491. The molecular weight excluding hydrogens is 270 g/mol. The molecule has 104 valence electrons. The number of hydrogen-bond acceptors (Lipinski definition) is 6. The number of rotatable bonds is 5. The summed E-state index contributed by atoms with van der Waals surface area (Å²) in [5.41, 5.74) is -0.189. The van der Waals surface area contributed by atoms with Gasteiger partial charge in [0.25, 0.3) is 11.6 Å². The van der Waals surface area contributed by atoms with E-state index in [1.54, 1.807) is 0 Å². The maximum atomic E-state index is 10.7. The molecule has 1 aromatic heterocycles. The van der Waals surface area contributed by atoms with Crippen molar-refractivity contribution < 1.29 is 28.7 Å². The zero-order chi connectivity index (χ0) is 14.7. The molecule has 1 aromatic carbocycles. The van der Waals surface area contributed by atoms with Crippen molar-refractivity contribution in [3.8, 4) is 17.4 Å². The minimum Gasteiger partial charge on any atom is -0.493 e. The van der Waals surface area contributed by atoms with Crippen LogP contribution in [0.2, 0.25) is 0 Å². The summed E-state index contributed by atoms with van der Waals surface area (Å²) in [4.78, 5) is 20.8. The van der Waals surface area contributed by atoms with Gasteiger partial charge in [0.05, 0.1) is 18.1 Å². The molecule has 1 heterocycles. The van der Waals surface area contributed by atoms with Gasteiger partial charge in [-0.15, -0.1) is 0 Å². The highest BCUT2D eigenvalue weighted by atomic mass is 16.6. The summed E-state index contributed by atoms with van der Waals surface area (Å²) in [7, 11) is 1.37. The molecule has 0 radical (unpaired) electrons. The van der Waals surface area contributed by atoms with Crippen molar-refractivity contribution in [2.45, 2.75) is 0 Å². The fraction of sp³-hybridized carbons (Fsp3) is 0.0833. The van der Waals surface area contributed by atoms with Crippen LogP contribution < -0.4 is 9.47 Å². The number of nitro groups is 1. The van der Waals surface area contributed by atoms with Gasteiger partial charge in [0.2, 0.25) is 5.76 Å². The largest absolute Gasteiger partial charge is 0.493 e. The fourth-order valence-electron chi connectivity index (χ4n) is 1.46. The first-order valence-electron chi connectivity index (χ1n) is 5.34. The molecule has 0 bridgehead atoms. The molecule has 2 rings (SSSR count). The lowest BCUT2D eigenvalue weighted by atomic mass is 10.3. The molecule has 0 saturated carbocycles. The van der Waals surface area contributed by atoms with Gasteiger partial charge in [-0.1, -0.05) is 0 Å². The summed E-state index contributed by atoms with van der Waals surface area (Å²) < 4.78 is 15.2. The second-order valence-electron chi connectivity index (χ2n) is 3.62. The van der Waals surface area contributed by atoms with Gasteiger partial charge in [-0.05, 0) is 12.1 Å². The molecule has 0 aliphatic rings. The Morgan fingerprint density at radius 2 is 2.05 bits per heavy atom. The van der Waals surface area contributed by atoms with Crippen LogP contribution in [0.25, 0.3) is 0 Å². The van der Waals surface area contributed by atoms with Crippen molar-refractivity contribution in [3.63, 3.8) is 0 Å². The van der Waals surface area contributed by atoms with Crippen LogP contribution in [0, 0.1) is 10.1 Å². The van der Waals surface area contributed by atoms with Crippen LogP contribution >= 0.6 is 0 Å². The van der Waals surface area contributed by atoms with Gasteiger partial charge >= 0.3 is 5.97 Å². The number of nitrogens with zero attached hydrogens (tertiary/aromatic N) is 1. The molecule has 0 spiro atoms. The maximum Gasteiger partial charge on any atom is 0.371 e. The van der Waals surface area contributed by atoms with Crippen LogP contribution in [0.5, 0.6) is 17.4 Å². The molecule has 0 saturated heterocycles. The number of nitro benzene ring substituents is 1. The minimum atomic E-state index is -1.24. The number of methoxy groups -OCH3 is 1. The summed E-state index contributed by atoms with van der Waals surface area (Å²) >= 11 is 0. The second kappa shape index (κ2) is 5.31. The maximum absolute atomic E-state index is 10.7. The van der Waals surface area contributed by atoms with Crippen LogP contribution in [0.4, 0.5) is 5.69 Å². The van der Waals surface area contributed by atoms with Gasteiger partial charge in [-0.3, -0.25) is 10.1 Å². The standard InChI is InChI=1S/C12H9NO7/c1-18-8-3-2-7(13(16)17)6-10(8)20-11-5-4-9(19-11)12(14)15/h2-6H,1H3,(H,14,15). The Kier molecular flexibility index (Phi) is 3.56. The van der Waals surface area contributed by atoms with Gasteiger partial charge in [0.1, 0.15) is 0 Å². The van der Waals surface area contributed by atoms with E-state index in [0.717, 1.165) is 6.07 Å². The molecule has 0 amide bonds. The van der Waals surface area contributed by atoms with Crippen molar-refractivity contribution in [2.24, 2.45) is 0 Å². The van der Waals surface area contributed by atoms with Gasteiger partial charge in [-0.2, -0.15) is 0 Å². The van der Waals surface area contributed by atoms with E-state index in [0.29, 0.717) is 0 Å². The lowest BCUT2D eigenvalue weighted by molar-refractivity contribution is -0.384. The summed E-state index contributed by atoms with van der Waals surface area (Å²) in [5.74, 6) is -1.35. The monoisotopic (exact) mass is 279 g/mol. The summed E-state index contributed by atoms with van der Waals surface area (Å²) in [5, 5.41) is 19.4. The highest BCUT2D eigenvalue weighted by Crippen LogP contribution is 2.35. The first kappa shape index (κ1) is 13.4. The topological polar surface area (TPSA) is 112 Å². The van der Waals surface area contributed by atoms with E-state index in [4.69, 9.17) is 19.0 Å². The fourth-order valence-corrected chi connectivity index (χ4v) is 1.46. The zero-order valence-electron chi connectivity index (χ0n) is 10.2.